The number of carbonyl (C=O) groups is 2. The minimum atomic E-state index is -0.606. The molecule has 8 heteroatoms. The van der Waals surface area contributed by atoms with Crippen molar-refractivity contribution in [3.05, 3.63) is 70.2 Å². The van der Waals surface area contributed by atoms with Gasteiger partial charge in [0.25, 0.3) is 11.8 Å². The third-order valence-corrected chi connectivity index (χ3v) is 8.92. The van der Waals surface area contributed by atoms with E-state index in [0.717, 1.165) is 62.5 Å². The fourth-order valence-corrected chi connectivity index (χ4v) is 6.52. The Labute approximate surface area is 249 Å². The molecule has 1 atom stereocenters. The summed E-state index contributed by atoms with van der Waals surface area (Å²) in [4.78, 5) is 34.3. The van der Waals surface area contributed by atoms with E-state index >= 15 is 0 Å². The molecule has 1 saturated carbocycles. The number of nitrogens with two attached hydrogens (primary N) is 1. The first-order valence-electron chi connectivity index (χ1n) is 14.9. The van der Waals surface area contributed by atoms with E-state index < -0.39 is 5.66 Å². The molecule has 1 unspecified atom stereocenters. The van der Waals surface area contributed by atoms with Crippen LogP contribution in [0.25, 0.3) is 0 Å². The van der Waals surface area contributed by atoms with E-state index in [0.29, 0.717) is 22.2 Å². The quantitative estimate of drug-likeness (QED) is 0.162. The van der Waals surface area contributed by atoms with Gasteiger partial charge < -0.3 is 16.0 Å². The van der Waals surface area contributed by atoms with Crippen LogP contribution in [0.4, 0.5) is 0 Å². The van der Waals surface area contributed by atoms with Crippen LogP contribution in [0, 0.1) is 16.7 Å². The Morgan fingerprint density at radius 1 is 1.17 bits per heavy atom. The lowest BCUT2D eigenvalue weighted by Gasteiger charge is -2.47. The van der Waals surface area contributed by atoms with Gasteiger partial charge in [-0.25, -0.2) is 0 Å². The summed E-state index contributed by atoms with van der Waals surface area (Å²) in [5.74, 6) is 0.142. The predicted molar refractivity (Wildman–Crippen MR) is 167 cm³/mol. The molecule has 0 radical (unpaired) electrons. The van der Waals surface area contributed by atoms with Gasteiger partial charge in [0.1, 0.15) is 17.2 Å². The number of amides is 2. The lowest BCUT2D eigenvalue weighted by atomic mass is 9.69. The normalized spacial score (nSPS) is 21.6. The van der Waals surface area contributed by atoms with Crippen LogP contribution in [0.2, 0.25) is 5.02 Å². The number of nitrogens with zero attached hydrogens (tertiary/aromatic N) is 2. The lowest BCUT2D eigenvalue weighted by molar-refractivity contribution is -0.133. The summed E-state index contributed by atoms with van der Waals surface area (Å²) in [5.41, 5.74) is 7.73. The molecule has 0 bridgehead atoms. The van der Waals surface area contributed by atoms with E-state index in [4.69, 9.17) is 27.7 Å². The Balaban J connectivity index is 1.72. The molecule has 0 aromatic heterocycles. The van der Waals surface area contributed by atoms with Crippen molar-refractivity contribution in [3.8, 4) is 0 Å². The number of halogens is 1. The topological polar surface area (TPSA) is 112 Å². The van der Waals surface area contributed by atoms with E-state index in [9.17, 15) is 9.59 Å². The van der Waals surface area contributed by atoms with E-state index in [1.54, 1.807) is 12.1 Å². The molecule has 2 amide bonds. The van der Waals surface area contributed by atoms with Crippen LogP contribution in [0.1, 0.15) is 107 Å². The molecule has 1 aliphatic heterocycles. The number of rotatable bonds is 10. The Bertz CT molecular complexity index is 1290. The van der Waals surface area contributed by atoms with Crippen molar-refractivity contribution in [3.63, 3.8) is 0 Å². The second-order valence-corrected chi connectivity index (χ2v) is 13.0. The van der Waals surface area contributed by atoms with Crippen molar-refractivity contribution in [1.29, 1.82) is 5.41 Å². The first kappa shape index (κ1) is 30.8. The minimum Gasteiger partial charge on any atom is -0.386 e. The first-order valence-corrected chi connectivity index (χ1v) is 15.2. The number of aliphatic imine (C=N–C) groups is 1. The van der Waals surface area contributed by atoms with Crippen molar-refractivity contribution >= 4 is 35.0 Å². The van der Waals surface area contributed by atoms with Crippen molar-refractivity contribution in [2.24, 2.45) is 22.1 Å². The molecule has 1 spiro atoms. The first-order chi connectivity index (χ1) is 19.4. The zero-order valence-corrected chi connectivity index (χ0v) is 25.6. The largest absolute Gasteiger partial charge is 0.386 e. The van der Waals surface area contributed by atoms with Gasteiger partial charge in [-0.3, -0.25) is 20.0 Å². The minimum absolute atomic E-state index is 0.00417. The summed E-state index contributed by atoms with van der Waals surface area (Å²) in [6.45, 7) is 9.09. The van der Waals surface area contributed by atoms with Gasteiger partial charge in [-0.15, -0.1) is 0 Å². The molecule has 2 aromatic carbocycles. The fourth-order valence-electron chi connectivity index (χ4n) is 6.33. The molecule has 41 heavy (non-hydrogen) atoms. The second kappa shape index (κ2) is 12.8. The number of hydrogen-bond acceptors (Lipinski definition) is 4. The molecule has 1 aliphatic carbocycles. The van der Waals surface area contributed by atoms with Gasteiger partial charge in [0.15, 0.2) is 0 Å². The monoisotopic (exact) mass is 577 g/mol. The Hall–Kier alpha value is -3.19. The van der Waals surface area contributed by atoms with Crippen LogP contribution in [0.3, 0.4) is 0 Å². The molecule has 1 heterocycles. The SMILES string of the molecule is CCCCCC(c1ccc(C(=O)NCC(=N)N)cc1)N1C(=O)C(c2cccc(Cl)c2)=NC12CCC(C(C)(C)C)CC2. The fraction of sp³-hybridized carbons (Fsp3) is 0.515. The smallest absolute Gasteiger partial charge is 0.275 e. The number of unbranched alkanes of at least 4 members (excludes halogenated alkanes) is 2. The number of amidine groups is 1. The molecular weight excluding hydrogens is 534 g/mol. The summed E-state index contributed by atoms with van der Waals surface area (Å²) in [6.07, 6.45) is 7.62. The maximum Gasteiger partial charge on any atom is 0.275 e. The summed E-state index contributed by atoms with van der Waals surface area (Å²) < 4.78 is 0. The summed E-state index contributed by atoms with van der Waals surface area (Å²) in [6, 6.07) is 14.8. The highest BCUT2D eigenvalue weighted by Crippen LogP contribution is 2.50. The lowest BCUT2D eigenvalue weighted by Crippen LogP contribution is -2.51. The Morgan fingerprint density at radius 2 is 1.85 bits per heavy atom. The highest BCUT2D eigenvalue weighted by atomic mass is 35.5. The van der Waals surface area contributed by atoms with Crippen LogP contribution in [-0.2, 0) is 4.79 Å². The van der Waals surface area contributed by atoms with Gasteiger partial charge in [0.2, 0.25) is 0 Å². The molecule has 1 fully saturated rings. The van der Waals surface area contributed by atoms with Crippen LogP contribution >= 0.6 is 11.6 Å². The van der Waals surface area contributed by atoms with Crippen molar-refractivity contribution in [1.82, 2.24) is 10.2 Å². The number of nitrogens with one attached hydrogen (secondary N) is 2. The molecular formula is C33H44ClN5O2. The highest BCUT2D eigenvalue weighted by Gasteiger charge is 2.52. The van der Waals surface area contributed by atoms with Gasteiger partial charge in [-0.2, -0.15) is 0 Å². The Kier molecular flexibility index (Phi) is 9.58. The van der Waals surface area contributed by atoms with Crippen LogP contribution < -0.4 is 11.1 Å². The third kappa shape index (κ3) is 7.00. The number of benzene rings is 2. The van der Waals surface area contributed by atoms with Gasteiger partial charge in [0, 0.05) is 16.1 Å². The van der Waals surface area contributed by atoms with Gasteiger partial charge in [-0.05, 0) is 73.3 Å². The summed E-state index contributed by atoms with van der Waals surface area (Å²) in [7, 11) is 0. The maximum absolute atomic E-state index is 14.4. The van der Waals surface area contributed by atoms with Crippen LogP contribution in [0.5, 0.6) is 0 Å². The van der Waals surface area contributed by atoms with E-state index in [1.807, 2.05) is 36.4 Å². The number of carbonyl (C=O) groups excluding carboxylic acids is 2. The van der Waals surface area contributed by atoms with Crippen LogP contribution in [-0.4, -0.2) is 40.5 Å². The molecule has 220 valence electrons. The zero-order chi connectivity index (χ0) is 29.8. The van der Waals surface area contributed by atoms with Gasteiger partial charge >= 0.3 is 0 Å². The Morgan fingerprint density at radius 3 is 2.44 bits per heavy atom. The predicted octanol–water partition coefficient (Wildman–Crippen LogP) is 6.89. The second-order valence-electron chi connectivity index (χ2n) is 12.6. The van der Waals surface area contributed by atoms with E-state index in [-0.39, 0.29) is 35.7 Å². The van der Waals surface area contributed by atoms with Gasteiger partial charge in [-0.1, -0.05) is 82.8 Å². The molecule has 4 N–H and O–H groups in total. The molecule has 2 aliphatic rings. The summed E-state index contributed by atoms with van der Waals surface area (Å²) >= 11 is 6.35. The van der Waals surface area contributed by atoms with Crippen molar-refractivity contribution < 1.29 is 9.59 Å². The molecule has 2 aromatic rings. The average Bonchev–Trinajstić information content (AvgIpc) is 3.20. The molecule has 4 rings (SSSR count). The summed E-state index contributed by atoms with van der Waals surface area (Å²) in [5, 5.41) is 10.6. The van der Waals surface area contributed by atoms with Crippen molar-refractivity contribution in [2.75, 3.05) is 6.54 Å². The van der Waals surface area contributed by atoms with Crippen molar-refractivity contribution in [2.45, 2.75) is 90.8 Å². The standard InChI is InChI=1S/C33H44ClN5O2/c1-5-6-7-11-27(22-12-14-23(15-13-22)30(40)37-21-28(35)36)39-31(41)29(24-9-8-10-26(34)20-24)38-33(39)18-16-25(17-19-33)32(2,3)4/h8-10,12-15,20,25,27H,5-7,11,16-19,21H2,1-4H3,(H3,35,36)(H,37,40). The van der Waals surface area contributed by atoms with Gasteiger partial charge in [0.05, 0.1) is 12.6 Å². The zero-order valence-electron chi connectivity index (χ0n) is 24.8. The van der Waals surface area contributed by atoms with Crippen LogP contribution in [0.15, 0.2) is 53.5 Å². The molecule has 7 nitrogen and oxygen atoms in total. The third-order valence-electron chi connectivity index (χ3n) is 8.69. The highest BCUT2D eigenvalue weighted by molar-refractivity contribution is 6.47. The van der Waals surface area contributed by atoms with E-state index in [1.165, 1.54) is 0 Å². The number of hydrogen-bond donors (Lipinski definition) is 3. The molecule has 0 saturated heterocycles. The maximum atomic E-state index is 14.4. The average molecular weight is 578 g/mol. The van der Waals surface area contributed by atoms with E-state index in [2.05, 4.69) is 37.9 Å².